The van der Waals surface area contributed by atoms with Crippen LogP contribution in [0.4, 0.5) is 8.78 Å². The first-order valence-electron chi connectivity index (χ1n) is 4.08. The van der Waals surface area contributed by atoms with Crippen LogP contribution in [0.5, 0.6) is 5.75 Å². The summed E-state index contributed by atoms with van der Waals surface area (Å²) in [5.41, 5.74) is 0.0123. The van der Waals surface area contributed by atoms with Crippen LogP contribution in [0.15, 0.2) is 18.2 Å². The Morgan fingerprint density at radius 3 is 2.57 bits per heavy atom. The van der Waals surface area contributed by atoms with Gasteiger partial charge >= 0.3 is 0 Å². The topological polar surface area (TPSA) is 26.3 Å². The van der Waals surface area contributed by atoms with Gasteiger partial charge in [-0.1, -0.05) is 0 Å². The second-order valence-electron chi connectivity index (χ2n) is 2.83. The van der Waals surface area contributed by atoms with Crippen molar-refractivity contribution in [3.63, 3.8) is 0 Å². The average Bonchev–Trinajstić information content (AvgIpc) is 2.16. The number of Topliss-reactive ketones (excluding diaryl/α,β-unsaturated/α-hetero) is 1. The highest BCUT2D eigenvalue weighted by molar-refractivity contribution is 5.99. The molecule has 0 aromatic heterocycles. The number of methoxy groups -OCH3 is 1. The molecule has 0 saturated carbocycles. The molecule has 0 amide bonds. The summed E-state index contributed by atoms with van der Waals surface area (Å²) in [6.07, 6.45) is -1.62. The quantitative estimate of drug-likeness (QED) is 0.700. The van der Waals surface area contributed by atoms with Gasteiger partial charge < -0.3 is 4.74 Å². The summed E-state index contributed by atoms with van der Waals surface area (Å²) < 4.78 is 30.3. The highest BCUT2D eigenvalue weighted by Gasteiger charge is 2.15. The van der Waals surface area contributed by atoms with E-state index in [0.717, 1.165) is 13.0 Å². The molecule has 0 bridgehead atoms. The predicted molar refractivity (Wildman–Crippen MR) is 47.9 cm³/mol. The molecular formula is C10H10F2O2. The Morgan fingerprint density at radius 1 is 1.50 bits per heavy atom. The van der Waals surface area contributed by atoms with E-state index in [0.29, 0.717) is 0 Å². The van der Waals surface area contributed by atoms with E-state index < -0.39 is 17.8 Å². The van der Waals surface area contributed by atoms with Crippen LogP contribution in [0.25, 0.3) is 0 Å². The first-order chi connectivity index (χ1) is 6.56. The minimum atomic E-state index is -1.62. The third-order valence-electron chi connectivity index (χ3n) is 1.80. The lowest BCUT2D eigenvalue weighted by molar-refractivity contribution is 0.0892. The van der Waals surface area contributed by atoms with Gasteiger partial charge in [0.05, 0.1) is 7.11 Å². The van der Waals surface area contributed by atoms with Crippen molar-refractivity contribution in [3.8, 4) is 5.75 Å². The molecule has 0 heterocycles. The Labute approximate surface area is 80.5 Å². The summed E-state index contributed by atoms with van der Waals surface area (Å²) in [5, 5.41) is 0. The molecule has 0 N–H and O–H groups in total. The molecule has 76 valence electrons. The summed E-state index contributed by atoms with van der Waals surface area (Å²) >= 11 is 0. The zero-order valence-corrected chi connectivity index (χ0v) is 7.88. The number of ether oxygens (including phenoxy) is 1. The number of benzene rings is 1. The first-order valence-corrected chi connectivity index (χ1v) is 4.08. The van der Waals surface area contributed by atoms with Crippen molar-refractivity contribution >= 4 is 5.78 Å². The van der Waals surface area contributed by atoms with Crippen molar-refractivity contribution < 1.29 is 18.3 Å². The molecule has 0 fully saturated rings. The molecule has 4 heteroatoms. The third kappa shape index (κ3) is 2.07. The van der Waals surface area contributed by atoms with E-state index in [-0.39, 0.29) is 11.3 Å². The molecule has 1 aromatic carbocycles. The fraction of sp³-hybridized carbons (Fsp3) is 0.300. The number of hydrogen-bond donors (Lipinski definition) is 0. The van der Waals surface area contributed by atoms with Crippen LogP contribution in [0.2, 0.25) is 0 Å². The number of halogens is 2. The van der Waals surface area contributed by atoms with E-state index in [2.05, 4.69) is 4.74 Å². The van der Waals surface area contributed by atoms with Crippen LogP contribution in [0.3, 0.4) is 0 Å². The van der Waals surface area contributed by atoms with Crippen molar-refractivity contribution in [1.29, 1.82) is 0 Å². The molecule has 0 aliphatic carbocycles. The van der Waals surface area contributed by atoms with Gasteiger partial charge in [0.25, 0.3) is 0 Å². The van der Waals surface area contributed by atoms with E-state index >= 15 is 0 Å². The SMILES string of the molecule is COc1ccc(C(=O)C(C)F)cc1F. The molecule has 0 radical (unpaired) electrons. The summed E-state index contributed by atoms with van der Waals surface area (Å²) in [5.74, 6) is -1.36. The Balaban J connectivity index is 3.03. The lowest BCUT2D eigenvalue weighted by atomic mass is 10.1. The average molecular weight is 200 g/mol. The first kappa shape index (κ1) is 10.6. The third-order valence-corrected chi connectivity index (χ3v) is 1.80. The fourth-order valence-electron chi connectivity index (χ4n) is 1.05. The molecular weight excluding hydrogens is 190 g/mol. The second-order valence-corrected chi connectivity index (χ2v) is 2.83. The van der Waals surface area contributed by atoms with E-state index in [1.165, 1.54) is 19.2 Å². The predicted octanol–water partition coefficient (Wildman–Crippen LogP) is 2.38. The molecule has 1 unspecified atom stereocenters. The van der Waals surface area contributed by atoms with Gasteiger partial charge in [-0.2, -0.15) is 0 Å². The van der Waals surface area contributed by atoms with Crippen LogP contribution in [-0.2, 0) is 0 Å². The second kappa shape index (κ2) is 4.17. The molecule has 1 atom stereocenters. The van der Waals surface area contributed by atoms with Crippen LogP contribution in [0.1, 0.15) is 17.3 Å². The Hall–Kier alpha value is -1.45. The zero-order chi connectivity index (χ0) is 10.7. The van der Waals surface area contributed by atoms with Crippen molar-refractivity contribution in [1.82, 2.24) is 0 Å². The van der Waals surface area contributed by atoms with Crippen molar-refractivity contribution in [3.05, 3.63) is 29.6 Å². The van der Waals surface area contributed by atoms with Gasteiger partial charge in [-0.3, -0.25) is 4.79 Å². The van der Waals surface area contributed by atoms with Crippen LogP contribution in [-0.4, -0.2) is 19.1 Å². The maximum absolute atomic E-state index is 13.1. The van der Waals surface area contributed by atoms with Crippen LogP contribution < -0.4 is 4.74 Å². The Kier molecular flexibility index (Phi) is 3.17. The molecule has 0 aliphatic heterocycles. The summed E-state index contributed by atoms with van der Waals surface area (Å²) in [4.78, 5) is 11.1. The van der Waals surface area contributed by atoms with E-state index in [9.17, 15) is 13.6 Å². The number of carbonyl (C=O) groups excluding carboxylic acids is 1. The molecule has 14 heavy (non-hydrogen) atoms. The van der Waals surface area contributed by atoms with Gasteiger partial charge in [0.2, 0.25) is 0 Å². The van der Waals surface area contributed by atoms with E-state index in [4.69, 9.17) is 0 Å². The number of rotatable bonds is 3. The van der Waals surface area contributed by atoms with Gasteiger partial charge in [0.1, 0.15) is 0 Å². The van der Waals surface area contributed by atoms with Gasteiger partial charge in [0.15, 0.2) is 23.5 Å². The molecule has 1 aromatic rings. The summed E-state index contributed by atoms with van der Waals surface area (Å²) in [6, 6.07) is 3.60. The number of ketones is 1. The molecule has 0 saturated heterocycles. The molecule has 0 aliphatic rings. The normalized spacial score (nSPS) is 12.3. The standard InChI is InChI=1S/C10H10F2O2/c1-6(11)10(13)7-3-4-9(14-2)8(12)5-7/h3-6H,1-2H3. The van der Waals surface area contributed by atoms with Crippen LogP contribution in [0, 0.1) is 5.82 Å². The Bertz CT molecular complexity index is 348. The van der Waals surface area contributed by atoms with Crippen molar-refractivity contribution in [2.45, 2.75) is 13.1 Å². The highest BCUT2D eigenvalue weighted by Crippen LogP contribution is 2.18. The summed E-state index contributed by atoms with van der Waals surface area (Å²) in [7, 11) is 1.32. The monoisotopic (exact) mass is 200 g/mol. The Morgan fingerprint density at radius 2 is 2.14 bits per heavy atom. The maximum Gasteiger partial charge on any atom is 0.196 e. The van der Waals surface area contributed by atoms with Crippen molar-refractivity contribution in [2.75, 3.05) is 7.11 Å². The van der Waals surface area contributed by atoms with Crippen LogP contribution >= 0.6 is 0 Å². The zero-order valence-electron chi connectivity index (χ0n) is 7.88. The minimum Gasteiger partial charge on any atom is -0.494 e. The highest BCUT2D eigenvalue weighted by atomic mass is 19.1. The summed E-state index contributed by atoms with van der Waals surface area (Å²) in [6.45, 7) is 1.12. The maximum atomic E-state index is 13.1. The van der Waals surface area contributed by atoms with Gasteiger partial charge in [-0.15, -0.1) is 0 Å². The molecule has 0 spiro atoms. The van der Waals surface area contributed by atoms with Gasteiger partial charge in [0, 0.05) is 5.56 Å². The minimum absolute atomic E-state index is 0.0123. The largest absolute Gasteiger partial charge is 0.494 e. The number of hydrogen-bond acceptors (Lipinski definition) is 2. The molecule has 1 rings (SSSR count). The van der Waals surface area contributed by atoms with Crippen molar-refractivity contribution in [2.24, 2.45) is 0 Å². The fourth-order valence-corrected chi connectivity index (χ4v) is 1.05. The smallest absolute Gasteiger partial charge is 0.196 e. The van der Waals surface area contributed by atoms with E-state index in [1.807, 2.05) is 0 Å². The van der Waals surface area contributed by atoms with E-state index in [1.54, 1.807) is 0 Å². The molecule has 2 nitrogen and oxygen atoms in total. The lowest BCUT2D eigenvalue weighted by Gasteiger charge is -2.04. The number of alkyl halides is 1. The number of carbonyl (C=O) groups is 1. The van der Waals surface area contributed by atoms with Gasteiger partial charge in [-0.05, 0) is 25.1 Å². The van der Waals surface area contributed by atoms with Gasteiger partial charge in [-0.25, -0.2) is 8.78 Å². The lowest BCUT2D eigenvalue weighted by Crippen LogP contribution is -2.11.